The lowest BCUT2D eigenvalue weighted by atomic mass is 9.93. The molecule has 22 heavy (non-hydrogen) atoms. The van der Waals surface area contributed by atoms with E-state index in [4.69, 9.17) is 5.73 Å². The lowest BCUT2D eigenvalue weighted by Crippen LogP contribution is -2.44. The number of hydrogen-bond acceptors (Lipinski definition) is 3. The highest BCUT2D eigenvalue weighted by Gasteiger charge is 2.25. The van der Waals surface area contributed by atoms with E-state index in [1.165, 1.54) is 5.56 Å². The molecule has 0 bridgehead atoms. The number of benzene rings is 1. The summed E-state index contributed by atoms with van der Waals surface area (Å²) < 4.78 is 0. The first-order valence-corrected chi connectivity index (χ1v) is 7.36. The minimum Gasteiger partial charge on any atom is -0.346 e. The second-order valence-electron chi connectivity index (χ2n) is 5.56. The third-order valence-electron chi connectivity index (χ3n) is 3.99. The maximum Gasteiger partial charge on any atom is 0.237 e. The van der Waals surface area contributed by atoms with E-state index >= 15 is 0 Å². The summed E-state index contributed by atoms with van der Waals surface area (Å²) in [5, 5.41) is 10.1. The van der Waals surface area contributed by atoms with Crippen molar-refractivity contribution in [3.8, 4) is 0 Å². The number of carbonyl (C=O) groups is 1. The Kier molecular flexibility index (Phi) is 5.57. The average Bonchev–Trinajstić information content (AvgIpc) is 2.98. The van der Waals surface area contributed by atoms with E-state index in [-0.39, 0.29) is 24.4 Å². The van der Waals surface area contributed by atoms with Gasteiger partial charge in [-0.3, -0.25) is 9.89 Å². The van der Waals surface area contributed by atoms with E-state index in [0.717, 1.165) is 30.5 Å². The molecule has 118 valence electrons. The predicted octanol–water partition coefficient (Wildman–Crippen LogP) is 1.90. The molecule has 2 aromatic rings. The van der Waals surface area contributed by atoms with Crippen molar-refractivity contribution in [3.63, 3.8) is 0 Å². The smallest absolute Gasteiger partial charge is 0.237 e. The summed E-state index contributed by atoms with van der Waals surface area (Å²) in [6, 6.07) is 9.32. The number of amides is 1. The van der Waals surface area contributed by atoms with E-state index in [0.29, 0.717) is 6.42 Å². The van der Waals surface area contributed by atoms with Gasteiger partial charge in [0.15, 0.2) is 0 Å². The molecule has 1 aromatic heterocycles. The molecular formula is C16H21ClN4O. The standard InChI is InChI=1S/C16H20N4O.ClH/c17-13(9-11-5-2-1-3-6-11)16(21)19-14-8-4-7-12-10-18-20-15(12)14;/h1-3,5-6,10,13-14H,4,7-9,17H2,(H,18,20)(H,19,21);1H/t13-,14?;/m0./s1. The largest absolute Gasteiger partial charge is 0.346 e. The van der Waals surface area contributed by atoms with Gasteiger partial charge in [-0.1, -0.05) is 30.3 Å². The van der Waals surface area contributed by atoms with Gasteiger partial charge in [0.1, 0.15) is 0 Å². The Labute approximate surface area is 136 Å². The van der Waals surface area contributed by atoms with Gasteiger partial charge >= 0.3 is 0 Å². The number of halogens is 1. The summed E-state index contributed by atoms with van der Waals surface area (Å²) in [5.41, 5.74) is 9.33. The summed E-state index contributed by atoms with van der Waals surface area (Å²) >= 11 is 0. The number of fused-ring (bicyclic) bond motifs is 1. The first-order chi connectivity index (χ1) is 10.2. The van der Waals surface area contributed by atoms with Crippen LogP contribution in [0.15, 0.2) is 36.5 Å². The van der Waals surface area contributed by atoms with Gasteiger partial charge in [0.25, 0.3) is 0 Å². The number of aromatic amines is 1. The number of carbonyl (C=O) groups excluding carboxylic acids is 1. The summed E-state index contributed by atoms with van der Waals surface area (Å²) in [7, 11) is 0. The first-order valence-electron chi connectivity index (χ1n) is 7.36. The van der Waals surface area contributed by atoms with Crippen LogP contribution < -0.4 is 11.1 Å². The zero-order valence-corrected chi connectivity index (χ0v) is 13.1. The van der Waals surface area contributed by atoms with Crippen LogP contribution in [0, 0.1) is 0 Å². The number of nitrogens with one attached hydrogen (secondary N) is 2. The number of rotatable bonds is 4. The number of nitrogens with two attached hydrogens (primary N) is 1. The second kappa shape index (κ2) is 7.42. The van der Waals surface area contributed by atoms with Crippen LogP contribution in [0.5, 0.6) is 0 Å². The Balaban J connectivity index is 0.00000176. The molecule has 0 saturated carbocycles. The maximum atomic E-state index is 12.3. The van der Waals surface area contributed by atoms with E-state index in [1.54, 1.807) is 0 Å². The van der Waals surface area contributed by atoms with Crippen molar-refractivity contribution < 1.29 is 4.79 Å². The summed E-state index contributed by atoms with van der Waals surface area (Å²) in [5.74, 6) is -0.105. The van der Waals surface area contributed by atoms with Gasteiger partial charge in [0.05, 0.1) is 24.0 Å². The van der Waals surface area contributed by atoms with Gasteiger partial charge in [0, 0.05) is 0 Å². The van der Waals surface area contributed by atoms with Gasteiger partial charge in [0.2, 0.25) is 5.91 Å². The van der Waals surface area contributed by atoms with Crippen LogP contribution in [-0.4, -0.2) is 22.1 Å². The molecule has 1 heterocycles. The molecular weight excluding hydrogens is 300 g/mol. The number of hydrogen-bond donors (Lipinski definition) is 3. The van der Waals surface area contributed by atoms with E-state index < -0.39 is 6.04 Å². The van der Waals surface area contributed by atoms with Crippen molar-refractivity contribution in [2.75, 3.05) is 0 Å². The quantitative estimate of drug-likeness (QED) is 0.804. The van der Waals surface area contributed by atoms with Crippen molar-refractivity contribution in [2.24, 2.45) is 5.73 Å². The SMILES string of the molecule is Cl.N[C@@H](Cc1ccccc1)C(=O)NC1CCCc2cn[nH]c21. The summed E-state index contributed by atoms with van der Waals surface area (Å²) in [6.07, 6.45) is 5.41. The Bertz CT molecular complexity index is 614. The highest BCUT2D eigenvalue weighted by Crippen LogP contribution is 2.27. The zero-order chi connectivity index (χ0) is 14.7. The Morgan fingerprint density at radius 1 is 1.41 bits per heavy atom. The molecule has 1 aliphatic rings. The molecule has 5 nitrogen and oxygen atoms in total. The molecule has 4 N–H and O–H groups in total. The lowest BCUT2D eigenvalue weighted by Gasteiger charge is -2.24. The Hall–Kier alpha value is -1.85. The van der Waals surface area contributed by atoms with Crippen LogP contribution in [0.3, 0.4) is 0 Å². The van der Waals surface area contributed by atoms with Crippen LogP contribution >= 0.6 is 12.4 Å². The molecule has 0 aliphatic heterocycles. The van der Waals surface area contributed by atoms with Gasteiger partial charge < -0.3 is 11.1 Å². The van der Waals surface area contributed by atoms with Crippen LogP contribution in [0.1, 0.15) is 35.7 Å². The van der Waals surface area contributed by atoms with Crippen molar-refractivity contribution in [2.45, 2.75) is 37.8 Å². The number of aryl methyl sites for hydroxylation is 1. The van der Waals surface area contributed by atoms with Gasteiger partial charge in [-0.05, 0) is 36.8 Å². The highest BCUT2D eigenvalue weighted by atomic mass is 35.5. The molecule has 0 saturated heterocycles. The highest BCUT2D eigenvalue weighted by molar-refractivity contribution is 5.85. The predicted molar refractivity (Wildman–Crippen MR) is 87.8 cm³/mol. The lowest BCUT2D eigenvalue weighted by molar-refractivity contribution is -0.123. The average molecular weight is 321 g/mol. The molecule has 1 aromatic carbocycles. The number of H-pyrrole nitrogens is 1. The Morgan fingerprint density at radius 2 is 2.18 bits per heavy atom. The van der Waals surface area contributed by atoms with Crippen molar-refractivity contribution in [1.29, 1.82) is 0 Å². The van der Waals surface area contributed by atoms with Crippen molar-refractivity contribution >= 4 is 18.3 Å². The molecule has 2 atom stereocenters. The first kappa shape index (κ1) is 16.5. The number of aromatic nitrogens is 2. The zero-order valence-electron chi connectivity index (χ0n) is 12.3. The molecule has 3 rings (SSSR count). The van der Waals surface area contributed by atoms with E-state index in [2.05, 4.69) is 15.5 Å². The molecule has 6 heteroatoms. The molecule has 0 radical (unpaired) electrons. The van der Waals surface area contributed by atoms with Crippen molar-refractivity contribution in [3.05, 3.63) is 53.3 Å². The normalized spacial score (nSPS) is 18.0. The molecule has 1 unspecified atom stereocenters. The third kappa shape index (κ3) is 3.67. The molecule has 1 aliphatic carbocycles. The minimum absolute atomic E-state index is 0. The van der Waals surface area contributed by atoms with Crippen LogP contribution in [0.4, 0.5) is 0 Å². The van der Waals surface area contributed by atoms with Gasteiger partial charge in [-0.15, -0.1) is 12.4 Å². The summed E-state index contributed by atoms with van der Waals surface area (Å²) in [4.78, 5) is 12.3. The van der Waals surface area contributed by atoms with E-state index in [1.807, 2.05) is 36.5 Å². The summed E-state index contributed by atoms with van der Waals surface area (Å²) in [6.45, 7) is 0. The third-order valence-corrected chi connectivity index (χ3v) is 3.99. The van der Waals surface area contributed by atoms with Gasteiger partial charge in [-0.2, -0.15) is 5.10 Å². The van der Waals surface area contributed by atoms with Crippen LogP contribution in [0.2, 0.25) is 0 Å². The van der Waals surface area contributed by atoms with Crippen LogP contribution in [0.25, 0.3) is 0 Å². The molecule has 1 amide bonds. The second-order valence-corrected chi connectivity index (χ2v) is 5.56. The minimum atomic E-state index is -0.527. The van der Waals surface area contributed by atoms with Crippen molar-refractivity contribution in [1.82, 2.24) is 15.5 Å². The number of nitrogens with zero attached hydrogens (tertiary/aromatic N) is 1. The monoisotopic (exact) mass is 320 g/mol. The topological polar surface area (TPSA) is 83.8 Å². The fraction of sp³-hybridized carbons (Fsp3) is 0.375. The fourth-order valence-corrected chi connectivity index (χ4v) is 2.85. The maximum absolute atomic E-state index is 12.3. The Morgan fingerprint density at radius 3 is 2.95 bits per heavy atom. The van der Waals surface area contributed by atoms with E-state index in [9.17, 15) is 4.79 Å². The van der Waals surface area contributed by atoms with Crippen LogP contribution in [-0.2, 0) is 17.6 Å². The molecule has 0 fully saturated rings. The molecule has 0 spiro atoms. The van der Waals surface area contributed by atoms with Gasteiger partial charge in [-0.25, -0.2) is 0 Å². The fourth-order valence-electron chi connectivity index (χ4n) is 2.85.